The summed E-state index contributed by atoms with van der Waals surface area (Å²) in [6.07, 6.45) is 2.92. The summed E-state index contributed by atoms with van der Waals surface area (Å²) >= 11 is 4.34. The summed E-state index contributed by atoms with van der Waals surface area (Å²) in [4.78, 5) is 11.2. The van der Waals surface area contributed by atoms with Crippen molar-refractivity contribution in [1.29, 1.82) is 0 Å². The van der Waals surface area contributed by atoms with Crippen LogP contribution in [0.4, 0.5) is 0 Å². The minimum absolute atomic E-state index is 0.0294. The number of hydrogen-bond donors (Lipinski definition) is 2. The van der Waals surface area contributed by atoms with Gasteiger partial charge in [-0.2, -0.15) is 12.6 Å². The van der Waals surface area contributed by atoms with Crippen molar-refractivity contribution in [3.8, 4) is 0 Å². The Bertz CT molecular complexity index is 140. The molecule has 0 saturated heterocycles. The Labute approximate surface area is 80.3 Å². The van der Waals surface area contributed by atoms with Crippen LogP contribution in [-0.4, -0.2) is 17.1 Å². The zero-order valence-corrected chi connectivity index (χ0v) is 8.86. The van der Waals surface area contributed by atoms with E-state index in [4.69, 9.17) is 5.73 Å². The molecule has 0 aliphatic heterocycles. The van der Waals surface area contributed by atoms with E-state index in [2.05, 4.69) is 12.6 Å². The Morgan fingerprint density at radius 2 is 2.00 bits per heavy atom. The van der Waals surface area contributed by atoms with Crippen LogP contribution in [-0.2, 0) is 4.79 Å². The Hall–Kier alpha value is -0.0200. The first-order valence-electron chi connectivity index (χ1n) is 4.40. The fourth-order valence-electron chi connectivity index (χ4n) is 0.870. The molecule has 0 spiro atoms. The fraction of sp³-hybridized carbons (Fsp3) is 0.889. The van der Waals surface area contributed by atoms with Crippen molar-refractivity contribution in [3.63, 3.8) is 0 Å². The van der Waals surface area contributed by atoms with Gasteiger partial charge in [0.05, 0.1) is 0 Å². The van der Waals surface area contributed by atoms with Crippen LogP contribution in [0.5, 0.6) is 0 Å². The van der Waals surface area contributed by atoms with Crippen LogP contribution in [0.2, 0.25) is 0 Å². The highest BCUT2D eigenvalue weighted by molar-refractivity contribution is 7.81. The number of carbonyl (C=O) groups excluding carboxylic acids is 1. The first kappa shape index (κ1) is 12.0. The second-order valence-electron chi connectivity index (χ2n) is 3.74. The van der Waals surface area contributed by atoms with E-state index in [-0.39, 0.29) is 4.75 Å². The number of carbonyl (C=O) groups is 1. The lowest BCUT2D eigenvalue weighted by molar-refractivity contribution is -0.119. The molecule has 3 heteroatoms. The van der Waals surface area contributed by atoms with E-state index in [1.54, 1.807) is 0 Å². The van der Waals surface area contributed by atoms with Crippen LogP contribution >= 0.6 is 12.6 Å². The molecular weight excluding hydrogens is 170 g/mol. The number of ketones is 1. The van der Waals surface area contributed by atoms with Crippen LogP contribution < -0.4 is 5.73 Å². The molecule has 0 fully saturated rings. The normalized spacial score (nSPS) is 11.7. The molecule has 72 valence electrons. The van der Waals surface area contributed by atoms with Gasteiger partial charge in [0.2, 0.25) is 0 Å². The Morgan fingerprint density at radius 1 is 1.42 bits per heavy atom. The average Bonchev–Trinajstić information content (AvgIpc) is 1.95. The number of hydrogen-bond acceptors (Lipinski definition) is 3. The summed E-state index contributed by atoms with van der Waals surface area (Å²) in [5.74, 6) is 0.308. The molecule has 0 aliphatic carbocycles. The molecule has 0 rings (SSSR count). The second kappa shape index (κ2) is 5.60. The second-order valence-corrected chi connectivity index (χ2v) is 4.95. The topological polar surface area (TPSA) is 43.1 Å². The highest BCUT2D eigenvalue weighted by Crippen LogP contribution is 2.19. The smallest absolute Gasteiger partial charge is 0.133 e. The van der Waals surface area contributed by atoms with Gasteiger partial charge in [-0.1, -0.05) is 13.8 Å². The molecule has 0 unspecified atom stereocenters. The van der Waals surface area contributed by atoms with Gasteiger partial charge >= 0.3 is 0 Å². The maximum Gasteiger partial charge on any atom is 0.133 e. The highest BCUT2D eigenvalue weighted by atomic mass is 32.1. The molecule has 12 heavy (non-hydrogen) atoms. The quantitative estimate of drug-likeness (QED) is 0.626. The molecule has 0 atom stereocenters. The fourth-order valence-corrected chi connectivity index (χ4v) is 0.981. The lowest BCUT2D eigenvalue weighted by Gasteiger charge is -2.15. The van der Waals surface area contributed by atoms with Gasteiger partial charge in [-0.05, 0) is 19.4 Å². The lowest BCUT2D eigenvalue weighted by Crippen LogP contribution is -2.13. The highest BCUT2D eigenvalue weighted by Gasteiger charge is 2.13. The SMILES string of the molecule is CC(C)(S)CCC(=O)CCCN. The molecule has 2 nitrogen and oxygen atoms in total. The van der Waals surface area contributed by atoms with Gasteiger partial charge < -0.3 is 5.73 Å². The third-order valence-electron chi connectivity index (χ3n) is 1.68. The summed E-state index contributed by atoms with van der Waals surface area (Å²) in [6, 6.07) is 0. The van der Waals surface area contributed by atoms with E-state index in [9.17, 15) is 4.79 Å². The molecule has 0 aromatic heterocycles. The molecule has 2 N–H and O–H groups in total. The number of nitrogens with two attached hydrogens (primary N) is 1. The van der Waals surface area contributed by atoms with Gasteiger partial charge in [0.25, 0.3) is 0 Å². The van der Waals surface area contributed by atoms with Gasteiger partial charge in [-0.15, -0.1) is 0 Å². The Balaban J connectivity index is 3.44. The van der Waals surface area contributed by atoms with Crippen LogP contribution in [0, 0.1) is 0 Å². The Morgan fingerprint density at radius 3 is 2.42 bits per heavy atom. The van der Waals surface area contributed by atoms with E-state index >= 15 is 0 Å². The molecule has 0 aliphatic rings. The third-order valence-corrected chi connectivity index (χ3v) is 1.90. The minimum Gasteiger partial charge on any atom is -0.330 e. The average molecular weight is 189 g/mol. The summed E-state index contributed by atoms with van der Waals surface area (Å²) < 4.78 is -0.0294. The van der Waals surface area contributed by atoms with Gasteiger partial charge in [0.1, 0.15) is 5.78 Å². The third kappa shape index (κ3) is 8.08. The first-order valence-corrected chi connectivity index (χ1v) is 4.84. The van der Waals surface area contributed by atoms with Crippen molar-refractivity contribution < 1.29 is 4.79 Å². The summed E-state index contributed by atoms with van der Waals surface area (Å²) in [5.41, 5.74) is 5.29. The summed E-state index contributed by atoms with van der Waals surface area (Å²) in [7, 11) is 0. The predicted octanol–water partition coefficient (Wildman–Crippen LogP) is 1.78. The molecule has 0 saturated carbocycles. The van der Waals surface area contributed by atoms with Crippen molar-refractivity contribution in [2.45, 2.75) is 44.3 Å². The predicted molar refractivity (Wildman–Crippen MR) is 55.6 cm³/mol. The van der Waals surface area contributed by atoms with Crippen molar-refractivity contribution in [1.82, 2.24) is 0 Å². The van der Waals surface area contributed by atoms with Gasteiger partial charge in [-0.25, -0.2) is 0 Å². The Kier molecular flexibility index (Phi) is 5.59. The largest absolute Gasteiger partial charge is 0.330 e. The zero-order valence-electron chi connectivity index (χ0n) is 7.97. The van der Waals surface area contributed by atoms with E-state index in [1.165, 1.54) is 0 Å². The van der Waals surface area contributed by atoms with E-state index in [1.807, 2.05) is 13.8 Å². The molecule has 0 heterocycles. The van der Waals surface area contributed by atoms with Crippen LogP contribution in [0.25, 0.3) is 0 Å². The van der Waals surface area contributed by atoms with E-state index in [0.29, 0.717) is 25.2 Å². The monoisotopic (exact) mass is 189 g/mol. The van der Waals surface area contributed by atoms with Gasteiger partial charge in [0.15, 0.2) is 0 Å². The lowest BCUT2D eigenvalue weighted by atomic mass is 10.0. The molecule has 0 bridgehead atoms. The molecule has 0 amide bonds. The van der Waals surface area contributed by atoms with Crippen LogP contribution in [0.3, 0.4) is 0 Å². The molecular formula is C9H19NOS. The van der Waals surface area contributed by atoms with Crippen molar-refractivity contribution >= 4 is 18.4 Å². The summed E-state index contributed by atoms with van der Waals surface area (Å²) in [5, 5.41) is 0. The van der Waals surface area contributed by atoms with E-state index < -0.39 is 0 Å². The first-order chi connectivity index (χ1) is 5.45. The van der Waals surface area contributed by atoms with Crippen LogP contribution in [0.1, 0.15) is 39.5 Å². The number of Topliss-reactive ketones (excluding diaryl/α,β-unsaturated/α-hetero) is 1. The zero-order chi connectivity index (χ0) is 9.61. The number of rotatable bonds is 6. The van der Waals surface area contributed by atoms with Crippen molar-refractivity contribution in [2.75, 3.05) is 6.54 Å². The maximum atomic E-state index is 11.2. The van der Waals surface area contributed by atoms with E-state index in [0.717, 1.165) is 12.8 Å². The van der Waals surface area contributed by atoms with Crippen molar-refractivity contribution in [3.05, 3.63) is 0 Å². The number of thiol groups is 1. The summed E-state index contributed by atoms with van der Waals surface area (Å²) in [6.45, 7) is 4.65. The van der Waals surface area contributed by atoms with Gasteiger partial charge in [0, 0.05) is 17.6 Å². The van der Waals surface area contributed by atoms with Gasteiger partial charge in [-0.3, -0.25) is 4.79 Å². The van der Waals surface area contributed by atoms with Crippen molar-refractivity contribution in [2.24, 2.45) is 5.73 Å². The standard InChI is InChI=1S/C9H19NOS/c1-9(2,12)6-5-8(11)4-3-7-10/h12H,3-7,10H2,1-2H3. The molecule has 0 aromatic carbocycles. The minimum atomic E-state index is -0.0294. The molecule has 0 aromatic rings. The maximum absolute atomic E-state index is 11.2. The molecule has 0 radical (unpaired) electrons. The van der Waals surface area contributed by atoms with Crippen LogP contribution in [0.15, 0.2) is 0 Å².